The zero-order valence-electron chi connectivity index (χ0n) is 8.61. The number of hydrogen-bond donors (Lipinski definition) is 2. The molecule has 0 radical (unpaired) electrons. The van der Waals surface area contributed by atoms with Crippen LogP contribution in [0.2, 0.25) is 10.0 Å². The highest BCUT2D eigenvalue weighted by Crippen LogP contribution is 2.22. The number of urea groups is 1. The maximum absolute atomic E-state index is 11.6. The van der Waals surface area contributed by atoms with Gasteiger partial charge in [-0.1, -0.05) is 23.2 Å². The molecule has 0 aromatic heterocycles. The van der Waals surface area contributed by atoms with Gasteiger partial charge in [0.2, 0.25) is 0 Å². The lowest BCUT2D eigenvalue weighted by Crippen LogP contribution is -2.24. The smallest absolute Gasteiger partial charge is 0.332 e. The predicted molar refractivity (Wildman–Crippen MR) is 66.6 cm³/mol. The van der Waals surface area contributed by atoms with Crippen molar-refractivity contribution < 1.29 is 9.59 Å². The highest BCUT2D eigenvalue weighted by Gasteiger charge is 2.06. The first-order chi connectivity index (χ1) is 8.00. The van der Waals surface area contributed by atoms with Gasteiger partial charge in [0, 0.05) is 18.2 Å². The van der Waals surface area contributed by atoms with Crippen LogP contribution in [-0.2, 0) is 0 Å². The van der Waals surface area contributed by atoms with Gasteiger partial charge in [-0.05, 0) is 18.2 Å². The summed E-state index contributed by atoms with van der Waals surface area (Å²) in [5.74, 6) is -0.196. The van der Waals surface area contributed by atoms with Crippen LogP contribution in [0.25, 0.3) is 0 Å². The van der Waals surface area contributed by atoms with E-state index in [1.165, 1.54) is 18.3 Å². The van der Waals surface area contributed by atoms with Gasteiger partial charge in [-0.3, -0.25) is 4.79 Å². The minimum atomic E-state index is -0.789. The van der Waals surface area contributed by atoms with Gasteiger partial charge >= 0.3 is 6.03 Å². The summed E-state index contributed by atoms with van der Waals surface area (Å²) < 4.78 is 0. The molecule has 90 valence electrons. The van der Waals surface area contributed by atoms with Crippen molar-refractivity contribution in [2.75, 3.05) is 0 Å². The summed E-state index contributed by atoms with van der Waals surface area (Å²) in [5.41, 5.74) is 7.18. The van der Waals surface area contributed by atoms with Crippen molar-refractivity contribution in [3.63, 3.8) is 0 Å². The molecule has 0 saturated carbocycles. The van der Waals surface area contributed by atoms with Gasteiger partial charge in [0.1, 0.15) is 0 Å². The second-order valence-corrected chi connectivity index (χ2v) is 3.86. The summed E-state index contributed by atoms with van der Waals surface area (Å²) in [6.07, 6.45) is 1.27. The third kappa shape index (κ3) is 4.42. The van der Waals surface area contributed by atoms with Crippen LogP contribution in [0, 0.1) is 0 Å². The number of ketones is 1. The van der Waals surface area contributed by atoms with Crippen molar-refractivity contribution in [2.24, 2.45) is 10.8 Å². The summed E-state index contributed by atoms with van der Waals surface area (Å²) in [5, 5.41) is 4.14. The third-order valence-corrected chi connectivity index (χ3v) is 2.52. The van der Waals surface area contributed by atoms with Crippen LogP contribution in [0.3, 0.4) is 0 Å². The summed E-state index contributed by atoms with van der Waals surface area (Å²) >= 11 is 11.5. The van der Waals surface area contributed by atoms with Crippen LogP contribution in [-0.4, -0.2) is 18.0 Å². The molecule has 1 aromatic carbocycles. The number of nitrogens with zero attached hydrogens (tertiary/aromatic N) is 1. The van der Waals surface area contributed by atoms with Gasteiger partial charge in [-0.2, -0.15) is 5.10 Å². The lowest BCUT2D eigenvalue weighted by Gasteiger charge is -2.00. The molecule has 0 aliphatic heterocycles. The van der Waals surface area contributed by atoms with E-state index in [4.69, 9.17) is 28.9 Å². The first-order valence-electron chi connectivity index (χ1n) is 4.56. The van der Waals surface area contributed by atoms with E-state index in [1.807, 2.05) is 5.43 Å². The molecule has 7 heteroatoms. The van der Waals surface area contributed by atoms with E-state index >= 15 is 0 Å². The number of nitrogens with one attached hydrogen (secondary N) is 1. The molecule has 0 spiro atoms. The van der Waals surface area contributed by atoms with Crippen molar-refractivity contribution in [1.29, 1.82) is 0 Å². The molecular formula is C10H9Cl2N3O2. The SMILES string of the molecule is NC(=O)N/N=C\CC(=O)c1ccc(Cl)c(Cl)c1. The number of Topliss-reactive ketones (excluding diaryl/α,β-unsaturated/α-hetero) is 1. The van der Waals surface area contributed by atoms with Crippen molar-refractivity contribution in [3.8, 4) is 0 Å². The average Bonchev–Trinajstić information content (AvgIpc) is 2.27. The molecule has 0 unspecified atom stereocenters. The molecule has 3 N–H and O–H groups in total. The monoisotopic (exact) mass is 273 g/mol. The number of hydrazone groups is 1. The van der Waals surface area contributed by atoms with Crippen LogP contribution in [0.5, 0.6) is 0 Å². The molecule has 0 aliphatic rings. The highest BCUT2D eigenvalue weighted by atomic mass is 35.5. The fourth-order valence-electron chi connectivity index (χ4n) is 1.03. The first kappa shape index (κ1) is 13.5. The van der Waals surface area contributed by atoms with Gasteiger partial charge < -0.3 is 5.73 Å². The molecule has 0 aliphatic carbocycles. The third-order valence-electron chi connectivity index (χ3n) is 1.78. The first-order valence-corrected chi connectivity index (χ1v) is 5.31. The molecule has 17 heavy (non-hydrogen) atoms. The fourth-order valence-corrected chi connectivity index (χ4v) is 1.32. The molecule has 0 fully saturated rings. The Labute approximate surface area is 108 Å². The van der Waals surface area contributed by atoms with Gasteiger partial charge in [-0.25, -0.2) is 10.2 Å². The number of benzene rings is 1. The number of primary amides is 1. The van der Waals surface area contributed by atoms with Crippen LogP contribution >= 0.6 is 23.2 Å². The molecular weight excluding hydrogens is 265 g/mol. The second kappa shape index (κ2) is 6.22. The van der Waals surface area contributed by atoms with Crippen LogP contribution < -0.4 is 11.2 Å². The maximum Gasteiger partial charge on any atom is 0.332 e. The molecule has 0 heterocycles. The predicted octanol–water partition coefficient (Wildman–Crippen LogP) is 2.22. The molecule has 0 saturated heterocycles. The maximum atomic E-state index is 11.6. The van der Waals surface area contributed by atoms with Gasteiger partial charge in [-0.15, -0.1) is 0 Å². The topological polar surface area (TPSA) is 84.6 Å². The van der Waals surface area contributed by atoms with Crippen LogP contribution in [0.1, 0.15) is 16.8 Å². The fraction of sp³-hybridized carbons (Fsp3) is 0.100. The number of carbonyl (C=O) groups is 2. The number of amides is 2. The van der Waals surface area contributed by atoms with Crippen molar-refractivity contribution in [1.82, 2.24) is 5.43 Å². The Hall–Kier alpha value is -1.59. The highest BCUT2D eigenvalue weighted by molar-refractivity contribution is 6.42. The number of carbonyl (C=O) groups excluding carboxylic acids is 2. The van der Waals surface area contributed by atoms with Crippen LogP contribution in [0.4, 0.5) is 4.79 Å². The second-order valence-electron chi connectivity index (χ2n) is 3.04. The zero-order valence-corrected chi connectivity index (χ0v) is 10.1. The standard InChI is InChI=1S/C10H9Cl2N3O2/c11-7-2-1-6(5-8(7)12)9(16)3-4-14-15-10(13)17/h1-2,4-5H,3H2,(H3,13,15,17)/b14-4-. The molecule has 2 amide bonds. The normalized spacial score (nSPS) is 10.5. The number of hydrogen-bond acceptors (Lipinski definition) is 3. The van der Waals surface area contributed by atoms with E-state index in [9.17, 15) is 9.59 Å². The van der Waals surface area contributed by atoms with Crippen molar-refractivity contribution in [2.45, 2.75) is 6.42 Å². The van der Waals surface area contributed by atoms with E-state index in [2.05, 4.69) is 5.10 Å². The lowest BCUT2D eigenvalue weighted by molar-refractivity contribution is 0.100. The largest absolute Gasteiger partial charge is 0.350 e. The van der Waals surface area contributed by atoms with Gasteiger partial charge in [0.15, 0.2) is 5.78 Å². The van der Waals surface area contributed by atoms with E-state index in [0.29, 0.717) is 15.6 Å². The Balaban J connectivity index is 2.61. The Morgan fingerprint density at radius 2 is 2.06 bits per heavy atom. The minimum Gasteiger partial charge on any atom is -0.350 e. The number of nitrogens with two attached hydrogens (primary N) is 1. The molecule has 1 aromatic rings. The lowest BCUT2D eigenvalue weighted by atomic mass is 10.1. The minimum absolute atomic E-state index is 0.0260. The summed E-state index contributed by atoms with van der Waals surface area (Å²) in [4.78, 5) is 21.9. The van der Waals surface area contributed by atoms with Gasteiger partial charge in [0.05, 0.1) is 10.0 Å². The van der Waals surface area contributed by atoms with Crippen molar-refractivity contribution >= 4 is 41.2 Å². The molecule has 1 rings (SSSR count). The molecule has 0 atom stereocenters. The van der Waals surface area contributed by atoms with Crippen LogP contribution in [0.15, 0.2) is 23.3 Å². The quantitative estimate of drug-likeness (QED) is 0.501. The number of rotatable bonds is 4. The Morgan fingerprint density at radius 1 is 1.35 bits per heavy atom. The van der Waals surface area contributed by atoms with E-state index in [1.54, 1.807) is 6.07 Å². The average molecular weight is 274 g/mol. The Bertz CT molecular complexity index is 475. The summed E-state index contributed by atoms with van der Waals surface area (Å²) in [6, 6.07) is 3.78. The van der Waals surface area contributed by atoms with E-state index < -0.39 is 6.03 Å². The molecule has 5 nitrogen and oxygen atoms in total. The summed E-state index contributed by atoms with van der Waals surface area (Å²) in [7, 11) is 0. The Kier molecular flexibility index (Phi) is 4.93. The summed E-state index contributed by atoms with van der Waals surface area (Å²) in [6.45, 7) is 0. The Morgan fingerprint density at radius 3 is 2.65 bits per heavy atom. The zero-order chi connectivity index (χ0) is 12.8. The van der Waals surface area contributed by atoms with E-state index in [-0.39, 0.29) is 12.2 Å². The molecule has 0 bridgehead atoms. The van der Waals surface area contributed by atoms with E-state index in [0.717, 1.165) is 0 Å². The van der Waals surface area contributed by atoms with Crippen molar-refractivity contribution in [3.05, 3.63) is 33.8 Å². The van der Waals surface area contributed by atoms with Gasteiger partial charge in [0.25, 0.3) is 0 Å². The number of halogens is 2.